The number of hydrogen-bond acceptors (Lipinski definition) is 4. The normalized spacial score (nSPS) is 11.6. The Morgan fingerprint density at radius 1 is 1.38 bits per heavy atom. The Kier molecular flexibility index (Phi) is 6.72. The summed E-state index contributed by atoms with van der Waals surface area (Å²) in [5.74, 6) is -1.81. The van der Waals surface area contributed by atoms with Crippen molar-refractivity contribution in [3.8, 4) is 0 Å². The monoisotopic (exact) mass is 297 g/mol. The minimum absolute atomic E-state index is 0.0363. The molecule has 0 spiro atoms. The maximum atomic E-state index is 11.5. The van der Waals surface area contributed by atoms with Crippen molar-refractivity contribution in [2.45, 2.75) is 31.8 Å². The van der Waals surface area contributed by atoms with E-state index in [-0.39, 0.29) is 12.8 Å². The average Bonchev–Trinajstić information content (AvgIpc) is 2.92. The number of rotatable bonds is 9. The van der Waals surface area contributed by atoms with Crippen LogP contribution < -0.4 is 16.4 Å². The van der Waals surface area contributed by atoms with Crippen LogP contribution in [0.15, 0.2) is 18.5 Å². The standard InChI is InChI=1S/C12H19N5O4/c13-10(18)4-3-9(11(19)20)16-12(21)14-5-1-7-17-8-2-6-15-17/h2,6,8-9H,1,3-5,7H2,(H2,13,18)(H,19,20)(H2,14,16,21)/t9-/m0/s1. The smallest absolute Gasteiger partial charge is 0.326 e. The molecular weight excluding hydrogens is 278 g/mol. The number of urea groups is 1. The maximum absolute atomic E-state index is 11.5. The van der Waals surface area contributed by atoms with Crippen molar-refractivity contribution in [2.75, 3.05) is 6.54 Å². The van der Waals surface area contributed by atoms with Gasteiger partial charge in [-0.1, -0.05) is 0 Å². The van der Waals surface area contributed by atoms with E-state index in [1.807, 2.05) is 6.20 Å². The number of carboxylic acids is 1. The molecule has 0 fully saturated rings. The number of carboxylic acid groups (broad SMARTS) is 1. The molecule has 3 amide bonds. The van der Waals surface area contributed by atoms with Gasteiger partial charge in [-0.2, -0.15) is 5.10 Å². The Morgan fingerprint density at radius 2 is 2.14 bits per heavy atom. The Bertz CT molecular complexity index is 474. The summed E-state index contributed by atoms with van der Waals surface area (Å²) in [6.45, 7) is 1.03. The van der Waals surface area contributed by atoms with Crippen LogP contribution in [-0.4, -0.2) is 45.4 Å². The molecule has 0 aliphatic rings. The molecule has 21 heavy (non-hydrogen) atoms. The van der Waals surface area contributed by atoms with Crippen molar-refractivity contribution >= 4 is 17.9 Å². The van der Waals surface area contributed by atoms with Gasteiger partial charge in [0.05, 0.1) is 0 Å². The lowest BCUT2D eigenvalue weighted by Crippen LogP contribution is -2.46. The number of carbonyl (C=O) groups is 3. The lowest BCUT2D eigenvalue weighted by molar-refractivity contribution is -0.139. The predicted molar refractivity (Wildman–Crippen MR) is 73.2 cm³/mol. The number of aliphatic carboxylic acids is 1. The number of carbonyl (C=O) groups excluding carboxylic acids is 2. The lowest BCUT2D eigenvalue weighted by atomic mass is 10.1. The van der Waals surface area contributed by atoms with Crippen molar-refractivity contribution in [2.24, 2.45) is 5.73 Å². The second kappa shape index (κ2) is 8.56. The molecule has 0 aliphatic carbocycles. The summed E-state index contributed by atoms with van der Waals surface area (Å²) in [7, 11) is 0. The van der Waals surface area contributed by atoms with Gasteiger partial charge in [-0.05, 0) is 18.9 Å². The van der Waals surface area contributed by atoms with Gasteiger partial charge >= 0.3 is 12.0 Å². The minimum atomic E-state index is -1.21. The van der Waals surface area contributed by atoms with Gasteiger partial charge in [0.15, 0.2) is 0 Å². The summed E-state index contributed by atoms with van der Waals surface area (Å²) in [4.78, 5) is 33.1. The van der Waals surface area contributed by atoms with E-state index in [9.17, 15) is 14.4 Å². The zero-order chi connectivity index (χ0) is 15.7. The fourth-order valence-electron chi connectivity index (χ4n) is 1.63. The average molecular weight is 297 g/mol. The van der Waals surface area contributed by atoms with E-state index in [2.05, 4.69) is 15.7 Å². The molecule has 1 aromatic rings. The third kappa shape index (κ3) is 6.95. The molecule has 9 nitrogen and oxygen atoms in total. The first-order chi connectivity index (χ1) is 9.99. The van der Waals surface area contributed by atoms with Gasteiger partial charge in [-0.15, -0.1) is 0 Å². The summed E-state index contributed by atoms with van der Waals surface area (Å²) in [6, 6.07) is 0.0759. The van der Waals surface area contributed by atoms with E-state index in [0.717, 1.165) is 0 Å². The van der Waals surface area contributed by atoms with Crippen molar-refractivity contribution < 1.29 is 19.5 Å². The van der Waals surface area contributed by atoms with Gasteiger partial charge in [0.25, 0.3) is 0 Å². The number of hydrogen-bond donors (Lipinski definition) is 4. The minimum Gasteiger partial charge on any atom is -0.480 e. The maximum Gasteiger partial charge on any atom is 0.326 e. The van der Waals surface area contributed by atoms with Crippen LogP contribution in [0.1, 0.15) is 19.3 Å². The summed E-state index contributed by atoms with van der Waals surface area (Å²) in [6.07, 6.45) is 4.00. The summed E-state index contributed by atoms with van der Waals surface area (Å²) in [5.41, 5.74) is 4.95. The largest absolute Gasteiger partial charge is 0.480 e. The highest BCUT2D eigenvalue weighted by Gasteiger charge is 2.20. The van der Waals surface area contributed by atoms with Crippen molar-refractivity contribution in [3.63, 3.8) is 0 Å². The van der Waals surface area contributed by atoms with E-state index >= 15 is 0 Å². The number of nitrogens with zero attached hydrogens (tertiary/aromatic N) is 2. The van der Waals surface area contributed by atoms with Crippen LogP contribution in [0.2, 0.25) is 0 Å². The van der Waals surface area contributed by atoms with Gasteiger partial charge in [0.2, 0.25) is 5.91 Å². The van der Waals surface area contributed by atoms with Gasteiger partial charge in [0.1, 0.15) is 6.04 Å². The van der Waals surface area contributed by atoms with Crippen molar-refractivity contribution in [1.29, 1.82) is 0 Å². The fourth-order valence-corrected chi connectivity index (χ4v) is 1.63. The van der Waals surface area contributed by atoms with Crippen LogP contribution in [0, 0.1) is 0 Å². The van der Waals surface area contributed by atoms with Gasteiger partial charge in [0, 0.05) is 31.9 Å². The first-order valence-electron chi connectivity index (χ1n) is 6.52. The second-order valence-electron chi connectivity index (χ2n) is 4.42. The van der Waals surface area contributed by atoms with Crippen molar-refractivity contribution in [3.05, 3.63) is 18.5 Å². The zero-order valence-corrected chi connectivity index (χ0v) is 11.5. The molecule has 0 unspecified atom stereocenters. The zero-order valence-electron chi connectivity index (χ0n) is 11.5. The molecule has 0 bridgehead atoms. The number of aryl methyl sites for hydroxylation is 1. The predicted octanol–water partition coefficient (Wildman–Crippen LogP) is -0.709. The third-order valence-corrected chi connectivity index (χ3v) is 2.69. The highest BCUT2D eigenvalue weighted by atomic mass is 16.4. The summed E-state index contributed by atoms with van der Waals surface area (Å²) >= 11 is 0. The van der Waals surface area contributed by atoms with E-state index in [1.54, 1.807) is 16.9 Å². The number of primary amides is 1. The molecule has 1 heterocycles. The molecule has 0 saturated carbocycles. The molecule has 0 aromatic carbocycles. The molecule has 0 saturated heterocycles. The Labute approximate surface area is 121 Å². The number of aromatic nitrogens is 2. The van der Waals surface area contributed by atoms with E-state index in [0.29, 0.717) is 19.5 Å². The van der Waals surface area contributed by atoms with Gasteiger partial charge < -0.3 is 21.5 Å². The second-order valence-corrected chi connectivity index (χ2v) is 4.42. The number of nitrogens with two attached hydrogens (primary N) is 1. The van der Waals surface area contributed by atoms with Crippen LogP contribution >= 0.6 is 0 Å². The molecule has 1 atom stereocenters. The molecule has 0 radical (unpaired) electrons. The first kappa shape index (κ1) is 16.5. The van der Waals surface area contributed by atoms with Crippen LogP contribution in [0.5, 0.6) is 0 Å². The van der Waals surface area contributed by atoms with E-state index in [1.165, 1.54) is 0 Å². The Balaban J connectivity index is 2.23. The molecule has 116 valence electrons. The molecule has 0 aliphatic heterocycles. The van der Waals surface area contributed by atoms with E-state index < -0.39 is 23.9 Å². The molecule has 9 heteroatoms. The Morgan fingerprint density at radius 3 is 2.71 bits per heavy atom. The number of nitrogens with one attached hydrogen (secondary N) is 2. The van der Waals surface area contributed by atoms with Crippen LogP contribution in [-0.2, 0) is 16.1 Å². The highest BCUT2D eigenvalue weighted by Crippen LogP contribution is 1.97. The van der Waals surface area contributed by atoms with E-state index in [4.69, 9.17) is 10.8 Å². The van der Waals surface area contributed by atoms with Crippen LogP contribution in [0.3, 0.4) is 0 Å². The number of amides is 3. The van der Waals surface area contributed by atoms with Gasteiger partial charge in [-0.25, -0.2) is 9.59 Å². The van der Waals surface area contributed by atoms with Crippen LogP contribution in [0.4, 0.5) is 4.79 Å². The SMILES string of the molecule is NC(=O)CC[C@H](NC(=O)NCCCn1cccn1)C(=O)O. The first-order valence-corrected chi connectivity index (χ1v) is 6.52. The third-order valence-electron chi connectivity index (χ3n) is 2.69. The quantitative estimate of drug-likeness (QED) is 0.446. The Hall–Kier alpha value is -2.58. The lowest BCUT2D eigenvalue weighted by Gasteiger charge is -2.14. The molecule has 5 N–H and O–H groups in total. The molecule has 1 rings (SSSR count). The topological polar surface area (TPSA) is 139 Å². The summed E-state index contributed by atoms with van der Waals surface area (Å²) < 4.78 is 1.73. The fraction of sp³-hybridized carbons (Fsp3) is 0.500. The highest BCUT2D eigenvalue weighted by molar-refractivity contribution is 5.83. The molecular formula is C12H19N5O4. The van der Waals surface area contributed by atoms with Crippen LogP contribution in [0.25, 0.3) is 0 Å². The summed E-state index contributed by atoms with van der Waals surface area (Å²) in [5, 5.41) is 17.8. The van der Waals surface area contributed by atoms with Crippen molar-refractivity contribution in [1.82, 2.24) is 20.4 Å². The van der Waals surface area contributed by atoms with Gasteiger partial charge in [-0.3, -0.25) is 9.48 Å². The molecule has 1 aromatic heterocycles.